The minimum absolute atomic E-state index is 0.162. The van der Waals surface area contributed by atoms with E-state index in [1.54, 1.807) is 0 Å². The zero-order chi connectivity index (χ0) is 24.6. The molecule has 188 valence electrons. The van der Waals surface area contributed by atoms with Gasteiger partial charge in [-0.05, 0) is 75.1 Å². The number of aromatic amines is 1. The molecule has 2 aromatic heterocycles. The van der Waals surface area contributed by atoms with Gasteiger partial charge in [0.15, 0.2) is 5.65 Å². The van der Waals surface area contributed by atoms with Gasteiger partial charge in [-0.3, -0.25) is 4.90 Å². The fourth-order valence-electron chi connectivity index (χ4n) is 5.39. The summed E-state index contributed by atoms with van der Waals surface area (Å²) < 4.78 is 32.7. The van der Waals surface area contributed by atoms with E-state index < -0.39 is 5.92 Å². The van der Waals surface area contributed by atoms with E-state index in [-0.39, 0.29) is 12.6 Å². The number of pyridine rings is 1. The summed E-state index contributed by atoms with van der Waals surface area (Å²) in [6.07, 6.45) is 6.43. The van der Waals surface area contributed by atoms with Crippen molar-refractivity contribution in [2.45, 2.75) is 70.3 Å². The highest BCUT2D eigenvalue weighted by Crippen LogP contribution is 2.34. The number of hydrogen-bond donors (Lipinski definition) is 1. The highest BCUT2D eigenvalue weighted by molar-refractivity contribution is 6.33. The number of nitrogens with zero attached hydrogens (tertiary/aromatic N) is 3. The number of H-pyrrole nitrogens is 1. The molecule has 1 saturated heterocycles. The average Bonchev–Trinajstić information content (AvgIpc) is 3.20. The number of ether oxygens (including phenoxy) is 1. The molecule has 0 bridgehead atoms. The van der Waals surface area contributed by atoms with Gasteiger partial charge < -0.3 is 9.72 Å². The van der Waals surface area contributed by atoms with Crippen molar-refractivity contribution in [2.75, 3.05) is 19.6 Å². The van der Waals surface area contributed by atoms with Crippen LogP contribution in [-0.2, 0) is 0 Å². The van der Waals surface area contributed by atoms with E-state index in [2.05, 4.69) is 29.0 Å². The Bertz CT molecular complexity index is 1140. The second-order valence-corrected chi connectivity index (χ2v) is 10.9. The first kappa shape index (κ1) is 24.4. The topological polar surface area (TPSA) is 54.0 Å². The predicted octanol–water partition coefficient (Wildman–Crippen LogP) is 7.07. The zero-order valence-electron chi connectivity index (χ0n) is 20.4. The minimum atomic E-state index is -2.64. The normalized spacial score (nSPS) is 22.5. The second kappa shape index (κ2) is 10.0. The maximum Gasteiger partial charge on any atom is 0.296 e. The van der Waals surface area contributed by atoms with E-state index in [0.29, 0.717) is 41.4 Å². The maximum atomic E-state index is 13.3. The summed E-state index contributed by atoms with van der Waals surface area (Å²) >= 11 is 6.59. The summed E-state index contributed by atoms with van der Waals surface area (Å²) in [5.41, 5.74) is 4.20. The van der Waals surface area contributed by atoms with E-state index in [1.807, 2.05) is 23.1 Å². The van der Waals surface area contributed by atoms with E-state index in [0.717, 1.165) is 49.6 Å². The van der Waals surface area contributed by atoms with Gasteiger partial charge in [-0.25, -0.2) is 13.8 Å². The molecule has 1 aromatic carbocycles. The van der Waals surface area contributed by atoms with Gasteiger partial charge >= 0.3 is 0 Å². The van der Waals surface area contributed by atoms with Crippen molar-refractivity contribution in [1.29, 1.82) is 0 Å². The van der Waals surface area contributed by atoms with Crippen LogP contribution < -0.4 is 4.74 Å². The van der Waals surface area contributed by atoms with Crippen molar-refractivity contribution in [1.82, 2.24) is 19.9 Å². The number of nitrogens with one attached hydrogen (secondary N) is 1. The smallest absolute Gasteiger partial charge is 0.296 e. The number of halogens is 3. The van der Waals surface area contributed by atoms with Crippen molar-refractivity contribution < 1.29 is 13.5 Å². The number of rotatable bonds is 6. The fraction of sp³-hybridized carbons (Fsp3) is 0.556. The van der Waals surface area contributed by atoms with Gasteiger partial charge in [0, 0.05) is 12.5 Å². The molecule has 35 heavy (non-hydrogen) atoms. The molecule has 3 heterocycles. The van der Waals surface area contributed by atoms with Crippen molar-refractivity contribution >= 4 is 22.8 Å². The van der Waals surface area contributed by atoms with Gasteiger partial charge in [0.25, 0.3) is 11.9 Å². The van der Waals surface area contributed by atoms with Gasteiger partial charge in [-0.1, -0.05) is 42.8 Å². The molecule has 1 aliphatic heterocycles. The molecule has 0 atom stereocenters. The van der Waals surface area contributed by atoms with Crippen LogP contribution >= 0.6 is 11.6 Å². The molecule has 2 aliphatic rings. The molecule has 5 nitrogen and oxygen atoms in total. The summed E-state index contributed by atoms with van der Waals surface area (Å²) in [5.74, 6) is -1.50. The number of piperidine rings is 1. The summed E-state index contributed by atoms with van der Waals surface area (Å²) in [6.45, 7) is 4.51. The maximum absolute atomic E-state index is 13.3. The lowest BCUT2D eigenvalue weighted by Crippen LogP contribution is -2.40. The lowest BCUT2D eigenvalue weighted by Gasteiger charge is -2.33. The number of hydrogen-bond acceptors (Lipinski definition) is 4. The molecule has 0 amide bonds. The number of aromatic nitrogens is 3. The van der Waals surface area contributed by atoms with E-state index in [4.69, 9.17) is 21.3 Å². The van der Waals surface area contributed by atoms with Crippen LogP contribution in [-0.4, -0.2) is 51.5 Å². The Balaban J connectivity index is 1.26. The second-order valence-electron chi connectivity index (χ2n) is 10.5. The van der Waals surface area contributed by atoms with Gasteiger partial charge in [-0.15, -0.1) is 0 Å². The number of alkyl halides is 2. The van der Waals surface area contributed by atoms with Crippen LogP contribution in [0.1, 0.15) is 63.9 Å². The van der Waals surface area contributed by atoms with Crippen molar-refractivity contribution in [3.63, 3.8) is 0 Å². The summed E-state index contributed by atoms with van der Waals surface area (Å²) in [7, 11) is 0. The lowest BCUT2D eigenvalue weighted by molar-refractivity contribution is -0.0199. The number of benzene rings is 1. The highest BCUT2D eigenvalue weighted by atomic mass is 35.5. The Morgan fingerprint density at radius 2 is 1.74 bits per heavy atom. The summed E-state index contributed by atoms with van der Waals surface area (Å²) in [5, 5.41) is 0.556. The molecule has 2 fully saturated rings. The third-order valence-electron chi connectivity index (χ3n) is 7.39. The van der Waals surface area contributed by atoms with E-state index in [1.165, 1.54) is 18.4 Å². The Morgan fingerprint density at radius 3 is 2.40 bits per heavy atom. The molecular weight excluding hydrogens is 470 g/mol. The highest BCUT2D eigenvalue weighted by Gasteiger charge is 2.29. The third kappa shape index (κ3) is 5.95. The van der Waals surface area contributed by atoms with Crippen LogP contribution in [0, 0.1) is 5.92 Å². The molecule has 5 rings (SSSR count). The first-order valence-electron chi connectivity index (χ1n) is 12.7. The van der Waals surface area contributed by atoms with Crippen LogP contribution in [0.4, 0.5) is 8.78 Å². The Labute approximate surface area is 210 Å². The summed E-state index contributed by atoms with van der Waals surface area (Å²) in [6, 6.07) is 10.6. The minimum Gasteiger partial charge on any atom is -0.461 e. The Kier molecular flexibility index (Phi) is 6.99. The molecule has 8 heteroatoms. The van der Waals surface area contributed by atoms with Crippen molar-refractivity contribution in [3.05, 3.63) is 40.9 Å². The Morgan fingerprint density at radius 1 is 1.06 bits per heavy atom. The quantitative estimate of drug-likeness (QED) is 0.391. The molecule has 1 aliphatic carbocycles. The van der Waals surface area contributed by atoms with Crippen LogP contribution in [0.25, 0.3) is 22.4 Å². The standard InChI is InChI=1S/C27H33ClF2N4O/c1-17-3-9-21(10-4-17)35-26-31-23-15-22(28)24(32-25(23)33-26)20-7-5-18(6-8-20)19-11-13-34(14-12-19)16-27(2,29)30/h5-8,15,17,19,21H,3-4,9-14,16H2,1-2H3,(H,31,32,33)/t17-,21-. The average molecular weight is 503 g/mol. The molecule has 3 aromatic rings. The number of fused-ring (bicyclic) bond motifs is 1. The SMILES string of the molecule is CC(F)(F)CN1CCC(c2ccc(-c3nc4nc(O[C@H]5CC[C@H](C)CC5)[nH]c4cc3Cl)cc2)CC1. The lowest BCUT2D eigenvalue weighted by atomic mass is 9.88. The molecular formula is C27H33ClF2N4O. The Hall–Kier alpha value is -2.25. The number of imidazole rings is 1. The summed E-state index contributed by atoms with van der Waals surface area (Å²) in [4.78, 5) is 14.4. The molecule has 0 unspecified atom stereocenters. The predicted molar refractivity (Wildman–Crippen MR) is 135 cm³/mol. The number of likely N-dealkylation sites (tertiary alicyclic amines) is 1. The van der Waals surface area contributed by atoms with Crippen LogP contribution in [0.5, 0.6) is 6.01 Å². The molecule has 0 spiro atoms. The third-order valence-corrected chi connectivity index (χ3v) is 7.68. The van der Waals surface area contributed by atoms with Gasteiger partial charge in [0.2, 0.25) is 0 Å². The largest absolute Gasteiger partial charge is 0.461 e. The van der Waals surface area contributed by atoms with E-state index in [9.17, 15) is 8.78 Å². The van der Waals surface area contributed by atoms with Crippen molar-refractivity contribution in [2.24, 2.45) is 5.92 Å². The molecule has 1 N–H and O–H groups in total. The van der Waals surface area contributed by atoms with Crippen LogP contribution in [0.15, 0.2) is 30.3 Å². The van der Waals surface area contributed by atoms with Gasteiger partial charge in [0.05, 0.1) is 22.8 Å². The van der Waals surface area contributed by atoms with Gasteiger partial charge in [-0.2, -0.15) is 4.98 Å². The molecule has 0 radical (unpaired) electrons. The first-order valence-corrected chi connectivity index (χ1v) is 13.0. The van der Waals surface area contributed by atoms with Crippen LogP contribution in [0.3, 0.4) is 0 Å². The van der Waals surface area contributed by atoms with Gasteiger partial charge in [0.1, 0.15) is 6.10 Å². The van der Waals surface area contributed by atoms with Crippen LogP contribution in [0.2, 0.25) is 5.02 Å². The van der Waals surface area contributed by atoms with E-state index >= 15 is 0 Å². The fourth-order valence-corrected chi connectivity index (χ4v) is 5.65. The monoisotopic (exact) mass is 502 g/mol. The molecule has 1 saturated carbocycles. The first-order chi connectivity index (χ1) is 16.7. The van der Waals surface area contributed by atoms with Crippen molar-refractivity contribution in [3.8, 4) is 17.3 Å². The zero-order valence-corrected chi connectivity index (χ0v) is 21.1.